The van der Waals surface area contributed by atoms with Crippen molar-refractivity contribution in [3.05, 3.63) is 49.3 Å². The fourth-order valence-corrected chi connectivity index (χ4v) is 3.58. The molecule has 1 aliphatic heterocycles. The van der Waals surface area contributed by atoms with Crippen LogP contribution < -0.4 is 15.8 Å². The van der Waals surface area contributed by atoms with Gasteiger partial charge in [-0.25, -0.2) is 4.98 Å². The van der Waals surface area contributed by atoms with Gasteiger partial charge in [0, 0.05) is 35.2 Å². The van der Waals surface area contributed by atoms with E-state index in [4.69, 9.17) is 16.3 Å². The van der Waals surface area contributed by atoms with E-state index in [0.29, 0.717) is 60.6 Å². The number of anilines is 2. The Labute approximate surface area is 170 Å². The van der Waals surface area contributed by atoms with Crippen LogP contribution in [0.2, 0.25) is 5.02 Å². The molecule has 0 unspecified atom stereocenters. The zero-order valence-electron chi connectivity index (χ0n) is 14.8. The van der Waals surface area contributed by atoms with Gasteiger partial charge in [-0.15, -0.1) is 0 Å². The van der Waals surface area contributed by atoms with Crippen molar-refractivity contribution in [1.82, 2.24) is 9.97 Å². The highest BCUT2D eigenvalue weighted by Gasteiger charge is 2.17. The molecule has 1 fully saturated rings. The van der Waals surface area contributed by atoms with Crippen LogP contribution in [0, 0.1) is 6.92 Å². The molecule has 3 rings (SSSR count). The molecular weight excluding hydrogens is 436 g/mol. The van der Waals surface area contributed by atoms with Gasteiger partial charge in [-0.1, -0.05) is 27.5 Å². The number of H-pyrrole nitrogens is 1. The average molecular weight is 456 g/mol. The Morgan fingerprint density at radius 1 is 1.41 bits per heavy atom. The molecular formula is C18H20BrClN4O3. The number of carbonyl (C=O) groups excluding carboxylic acids is 1. The highest BCUT2D eigenvalue weighted by atomic mass is 79.9. The van der Waals surface area contributed by atoms with Gasteiger partial charge in [-0.3, -0.25) is 14.6 Å². The molecule has 1 saturated heterocycles. The third-order valence-corrected chi connectivity index (χ3v) is 5.13. The Balaban J connectivity index is 1.65. The second-order valence-electron chi connectivity index (χ2n) is 6.23. The number of nitrogens with one attached hydrogen (secondary N) is 2. The number of benzene rings is 1. The van der Waals surface area contributed by atoms with Gasteiger partial charge < -0.3 is 15.0 Å². The van der Waals surface area contributed by atoms with E-state index >= 15 is 0 Å². The molecule has 0 aliphatic carbocycles. The van der Waals surface area contributed by atoms with Gasteiger partial charge in [0.2, 0.25) is 11.9 Å². The Hall–Kier alpha value is -1.90. The summed E-state index contributed by atoms with van der Waals surface area (Å²) in [5, 5.41) is 3.21. The van der Waals surface area contributed by atoms with Crippen molar-refractivity contribution in [1.29, 1.82) is 0 Å². The minimum absolute atomic E-state index is 0.162. The Morgan fingerprint density at radius 2 is 2.15 bits per heavy atom. The molecule has 0 radical (unpaired) electrons. The number of aromatic nitrogens is 2. The van der Waals surface area contributed by atoms with E-state index in [1.54, 1.807) is 25.1 Å². The van der Waals surface area contributed by atoms with Crippen LogP contribution >= 0.6 is 27.5 Å². The molecule has 144 valence electrons. The smallest absolute Gasteiger partial charge is 0.255 e. The van der Waals surface area contributed by atoms with Crippen molar-refractivity contribution in [2.75, 3.05) is 36.5 Å². The van der Waals surface area contributed by atoms with Gasteiger partial charge in [0.05, 0.1) is 23.9 Å². The number of carbonyl (C=O) groups is 1. The third kappa shape index (κ3) is 5.09. The molecule has 1 aromatic carbocycles. The summed E-state index contributed by atoms with van der Waals surface area (Å²) in [6, 6.07) is 5.23. The minimum Gasteiger partial charge on any atom is -0.378 e. The van der Waals surface area contributed by atoms with Gasteiger partial charge in [0.1, 0.15) is 0 Å². The predicted molar refractivity (Wildman–Crippen MR) is 109 cm³/mol. The van der Waals surface area contributed by atoms with Crippen molar-refractivity contribution in [3.8, 4) is 0 Å². The van der Waals surface area contributed by atoms with Crippen LogP contribution in [0.3, 0.4) is 0 Å². The standard InChI is InChI=1S/C18H20BrClN4O3/c1-11-13(17(26)23-18(21-11)24-6-8-27-9-7-24)3-5-16(25)22-15-4-2-12(19)10-14(15)20/h2,4,10H,3,5-9H2,1H3,(H,22,25)(H,21,23,26). The summed E-state index contributed by atoms with van der Waals surface area (Å²) in [5.74, 6) is 0.339. The number of ether oxygens (including phenoxy) is 1. The summed E-state index contributed by atoms with van der Waals surface area (Å²) in [4.78, 5) is 34.0. The lowest BCUT2D eigenvalue weighted by Crippen LogP contribution is -2.38. The maximum atomic E-state index is 12.5. The number of amides is 1. The molecule has 1 aromatic heterocycles. The summed E-state index contributed by atoms with van der Waals surface area (Å²) < 4.78 is 6.15. The number of rotatable bonds is 5. The SMILES string of the molecule is Cc1nc(N2CCOCC2)[nH]c(=O)c1CCC(=O)Nc1ccc(Br)cc1Cl. The van der Waals surface area contributed by atoms with Crippen molar-refractivity contribution in [2.24, 2.45) is 0 Å². The number of hydrogen-bond donors (Lipinski definition) is 2. The van der Waals surface area contributed by atoms with Crippen LogP contribution in [0.15, 0.2) is 27.5 Å². The van der Waals surface area contributed by atoms with E-state index in [2.05, 4.69) is 31.2 Å². The first-order valence-corrected chi connectivity index (χ1v) is 9.78. The zero-order valence-corrected chi connectivity index (χ0v) is 17.2. The van der Waals surface area contributed by atoms with Crippen LogP contribution in [0.4, 0.5) is 11.6 Å². The minimum atomic E-state index is -0.213. The largest absolute Gasteiger partial charge is 0.378 e. The lowest BCUT2D eigenvalue weighted by atomic mass is 10.1. The van der Waals surface area contributed by atoms with E-state index in [0.717, 1.165) is 4.47 Å². The molecule has 7 nitrogen and oxygen atoms in total. The highest BCUT2D eigenvalue weighted by molar-refractivity contribution is 9.10. The van der Waals surface area contributed by atoms with Gasteiger partial charge in [0.15, 0.2) is 0 Å². The van der Waals surface area contributed by atoms with Gasteiger partial charge in [-0.05, 0) is 31.5 Å². The highest BCUT2D eigenvalue weighted by Crippen LogP contribution is 2.25. The van der Waals surface area contributed by atoms with Gasteiger partial charge in [-0.2, -0.15) is 0 Å². The molecule has 1 aliphatic rings. The summed E-state index contributed by atoms with van der Waals surface area (Å²) in [5.41, 5.74) is 1.48. The first-order chi connectivity index (χ1) is 12.9. The first-order valence-electron chi connectivity index (χ1n) is 8.61. The number of hydrogen-bond acceptors (Lipinski definition) is 5. The number of nitrogens with zero attached hydrogens (tertiary/aromatic N) is 2. The van der Waals surface area contributed by atoms with Crippen LogP contribution in [0.25, 0.3) is 0 Å². The van der Waals surface area contributed by atoms with Crippen molar-refractivity contribution in [3.63, 3.8) is 0 Å². The Bertz CT molecular complexity index is 897. The van der Waals surface area contributed by atoms with Gasteiger partial charge in [0.25, 0.3) is 5.56 Å². The molecule has 27 heavy (non-hydrogen) atoms. The van der Waals surface area contributed by atoms with E-state index in [1.807, 2.05) is 4.90 Å². The number of aryl methyl sites for hydroxylation is 1. The lowest BCUT2D eigenvalue weighted by molar-refractivity contribution is -0.116. The number of halogens is 2. The molecule has 1 amide bonds. The average Bonchev–Trinajstić information content (AvgIpc) is 2.64. The van der Waals surface area contributed by atoms with Crippen LogP contribution in [0.5, 0.6) is 0 Å². The lowest BCUT2D eigenvalue weighted by Gasteiger charge is -2.27. The van der Waals surface area contributed by atoms with Crippen LogP contribution in [0.1, 0.15) is 17.7 Å². The maximum Gasteiger partial charge on any atom is 0.255 e. The molecule has 0 saturated carbocycles. The quantitative estimate of drug-likeness (QED) is 0.724. The van der Waals surface area contributed by atoms with Crippen LogP contribution in [-0.2, 0) is 16.0 Å². The Kier molecular flexibility index (Phi) is 6.51. The molecule has 0 bridgehead atoms. The van der Waals surface area contributed by atoms with Gasteiger partial charge >= 0.3 is 0 Å². The summed E-state index contributed by atoms with van der Waals surface area (Å²) in [6.07, 6.45) is 0.465. The molecule has 9 heteroatoms. The van der Waals surface area contributed by atoms with Crippen molar-refractivity contribution >= 4 is 45.1 Å². The van der Waals surface area contributed by atoms with E-state index in [-0.39, 0.29) is 17.9 Å². The molecule has 2 aromatic rings. The molecule has 0 atom stereocenters. The fraction of sp³-hybridized carbons (Fsp3) is 0.389. The van der Waals surface area contributed by atoms with Crippen LogP contribution in [-0.4, -0.2) is 42.2 Å². The zero-order chi connectivity index (χ0) is 19.4. The summed E-state index contributed by atoms with van der Waals surface area (Å²) in [7, 11) is 0. The summed E-state index contributed by atoms with van der Waals surface area (Å²) >= 11 is 9.43. The fourth-order valence-electron chi connectivity index (χ4n) is 2.86. The van der Waals surface area contributed by atoms with E-state index < -0.39 is 0 Å². The van der Waals surface area contributed by atoms with E-state index in [9.17, 15) is 9.59 Å². The number of morpholine rings is 1. The number of aromatic amines is 1. The predicted octanol–water partition coefficient (Wildman–Crippen LogP) is 2.90. The third-order valence-electron chi connectivity index (χ3n) is 4.33. The second-order valence-corrected chi connectivity index (χ2v) is 7.55. The van der Waals surface area contributed by atoms with Crippen molar-refractivity contribution < 1.29 is 9.53 Å². The van der Waals surface area contributed by atoms with Crippen molar-refractivity contribution in [2.45, 2.75) is 19.8 Å². The monoisotopic (exact) mass is 454 g/mol. The molecule has 2 N–H and O–H groups in total. The normalized spacial score (nSPS) is 14.3. The Morgan fingerprint density at radius 3 is 2.81 bits per heavy atom. The topological polar surface area (TPSA) is 87.3 Å². The molecule has 2 heterocycles. The first kappa shape index (κ1) is 19.9. The molecule has 0 spiro atoms. The second kappa shape index (κ2) is 8.86. The summed E-state index contributed by atoms with van der Waals surface area (Å²) in [6.45, 7) is 4.40. The van der Waals surface area contributed by atoms with E-state index in [1.165, 1.54) is 0 Å². The maximum absolute atomic E-state index is 12.5.